The van der Waals surface area contributed by atoms with E-state index in [4.69, 9.17) is 0 Å². The Morgan fingerprint density at radius 2 is 2.00 bits per heavy atom. The van der Waals surface area contributed by atoms with E-state index in [1.54, 1.807) is 0 Å². The van der Waals surface area contributed by atoms with Crippen LogP contribution in [-0.2, 0) is 11.5 Å². The van der Waals surface area contributed by atoms with Crippen molar-refractivity contribution in [3.8, 4) is 0 Å². The summed E-state index contributed by atoms with van der Waals surface area (Å²) in [4.78, 5) is 0. The lowest BCUT2D eigenvalue weighted by Crippen LogP contribution is -1.96. The summed E-state index contributed by atoms with van der Waals surface area (Å²) in [6.07, 6.45) is 4.70. The van der Waals surface area contributed by atoms with Crippen LogP contribution in [0.5, 0.6) is 0 Å². The highest BCUT2D eigenvalue weighted by Crippen LogP contribution is 2.20. The molecule has 0 aliphatic carbocycles. The van der Waals surface area contributed by atoms with Crippen LogP contribution in [0, 0.1) is 0 Å². The second-order valence-corrected chi connectivity index (χ2v) is 4.13. The van der Waals surface area contributed by atoms with Crippen molar-refractivity contribution in [2.75, 3.05) is 0 Å². The molecule has 0 spiro atoms. The number of unbranched alkanes of at least 4 members (excludes halogenated alkanes) is 1. The molecule has 0 bridgehead atoms. The lowest BCUT2D eigenvalue weighted by molar-refractivity contribution is 0.0804. The van der Waals surface area contributed by atoms with Gasteiger partial charge in [0.25, 0.3) is 0 Å². The van der Waals surface area contributed by atoms with Gasteiger partial charge in [-0.3, -0.25) is 0 Å². The van der Waals surface area contributed by atoms with Crippen LogP contribution in [-0.4, -0.2) is 0 Å². The Bertz CT molecular complexity index is 280. The molecule has 1 nitrogen and oxygen atoms in total. The number of benzene rings is 1. The van der Waals surface area contributed by atoms with E-state index in [1.165, 1.54) is 18.4 Å². The van der Waals surface area contributed by atoms with Crippen LogP contribution in [0.15, 0.2) is 24.3 Å². The van der Waals surface area contributed by atoms with E-state index in [2.05, 4.69) is 26.0 Å². The summed E-state index contributed by atoms with van der Waals surface area (Å²) in [5.74, 6) is 0. The zero-order valence-corrected chi connectivity index (χ0v) is 9.83. The highest BCUT2D eigenvalue weighted by Gasteiger charge is 2.08. The van der Waals surface area contributed by atoms with Crippen LogP contribution in [0.3, 0.4) is 0 Å². The zero-order valence-electron chi connectivity index (χ0n) is 9.83. The second kappa shape index (κ2) is 6.62. The molecule has 0 aromatic heterocycles. The molecular weight excluding hydrogens is 184 g/mol. The fourth-order valence-electron chi connectivity index (χ4n) is 1.76. The Hall–Kier alpha value is -0.820. The third-order valence-electron chi connectivity index (χ3n) is 2.69. The van der Waals surface area contributed by atoms with E-state index >= 15 is 0 Å². The quantitative estimate of drug-likeness (QED) is 0.660. The first-order chi connectivity index (χ1) is 7.27. The van der Waals surface area contributed by atoms with Crippen LogP contribution in [0.2, 0.25) is 0 Å². The molecule has 1 unspecified atom stereocenters. The molecule has 0 heterocycles. The maximum atomic E-state index is 11.8. The van der Waals surface area contributed by atoms with Crippen molar-refractivity contribution in [1.82, 2.24) is 0 Å². The molecule has 0 saturated carbocycles. The van der Waals surface area contributed by atoms with Crippen molar-refractivity contribution in [3.63, 3.8) is 0 Å². The third-order valence-corrected chi connectivity index (χ3v) is 2.69. The molecule has 1 atom stereocenters. The van der Waals surface area contributed by atoms with Gasteiger partial charge >= 0.3 is 0 Å². The maximum absolute atomic E-state index is 11.8. The van der Waals surface area contributed by atoms with E-state index in [1.807, 2.05) is 12.1 Å². The van der Waals surface area contributed by atoms with Gasteiger partial charge in [0.1, 0.15) is 6.10 Å². The summed E-state index contributed by atoms with van der Waals surface area (Å²) < 4.78 is 0. The van der Waals surface area contributed by atoms with Gasteiger partial charge in [-0.1, -0.05) is 51.0 Å². The third kappa shape index (κ3) is 4.05. The summed E-state index contributed by atoms with van der Waals surface area (Å²) in [5, 5.41) is 11.8. The summed E-state index contributed by atoms with van der Waals surface area (Å²) in [6, 6.07) is 8.18. The molecule has 0 aliphatic heterocycles. The average Bonchev–Trinajstić information content (AvgIpc) is 2.27. The number of rotatable bonds is 6. The van der Waals surface area contributed by atoms with Gasteiger partial charge in [-0.15, -0.1) is 0 Å². The molecule has 1 heteroatoms. The highest BCUT2D eigenvalue weighted by molar-refractivity contribution is 5.25. The Balaban J connectivity index is 2.64. The molecule has 0 N–H and O–H groups in total. The topological polar surface area (TPSA) is 19.9 Å². The van der Waals surface area contributed by atoms with E-state index < -0.39 is 6.10 Å². The smallest absolute Gasteiger partial charge is 0.118 e. The zero-order chi connectivity index (χ0) is 11.1. The van der Waals surface area contributed by atoms with Crippen molar-refractivity contribution >= 4 is 0 Å². The lowest BCUT2D eigenvalue weighted by Gasteiger charge is -2.09. The molecule has 0 fully saturated rings. The lowest BCUT2D eigenvalue weighted by atomic mass is 10.0. The van der Waals surface area contributed by atoms with Gasteiger partial charge in [0.15, 0.2) is 0 Å². The fourth-order valence-corrected chi connectivity index (χ4v) is 1.76. The predicted octanol–water partition coefficient (Wildman–Crippen LogP) is 4.30. The van der Waals surface area contributed by atoms with Crippen LogP contribution >= 0.6 is 0 Å². The molecule has 0 saturated heterocycles. The van der Waals surface area contributed by atoms with Crippen molar-refractivity contribution in [1.29, 1.82) is 0 Å². The highest BCUT2D eigenvalue weighted by atomic mass is 16.3. The first-order valence-corrected chi connectivity index (χ1v) is 6.02. The largest absolute Gasteiger partial charge is 0.228 e. The van der Waals surface area contributed by atoms with Gasteiger partial charge in [-0.05, 0) is 30.4 Å². The number of hydrogen-bond donors (Lipinski definition) is 0. The molecule has 15 heavy (non-hydrogen) atoms. The Kier molecular flexibility index (Phi) is 5.41. The summed E-state index contributed by atoms with van der Waals surface area (Å²) >= 11 is 0. The molecule has 1 aromatic carbocycles. The van der Waals surface area contributed by atoms with E-state index in [0.717, 1.165) is 24.8 Å². The molecule has 1 aromatic rings. The van der Waals surface area contributed by atoms with Gasteiger partial charge in [0.2, 0.25) is 0 Å². The van der Waals surface area contributed by atoms with Gasteiger partial charge in [-0.25, -0.2) is 5.11 Å². The van der Waals surface area contributed by atoms with Gasteiger partial charge in [0.05, 0.1) is 0 Å². The second-order valence-electron chi connectivity index (χ2n) is 4.13. The minimum atomic E-state index is -0.531. The fraction of sp³-hybridized carbons (Fsp3) is 0.571. The van der Waals surface area contributed by atoms with Crippen molar-refractivity contribution < 1.29 is 5.11 Å². The van der Waals surface area contributed by atoms with Gasteiger partial charge in [-0.2, -0.15) is 0 Å². The minimum absolute atomic E-state index is 0.531. The maximum Gasteiger partial charge on any atom is 0.118 e. The van der Waals surface area contributed by atoms with Crippen LogP contribution in [0.4, 0.5) is 0 Å². The first kappa shape index (κ1) is 12.3. The first-order valence-electron chi connectivity index (χ1n) is 6.02. The normalized spacial score (nSPS) is 12.7. The molecular formula is C14H21O. The van der Waals surface area contributed by atoms with Crippen molar-refractivity contribution in [2.45, 2.75) is 52.1 Å². The van der Waals surface area contributed by atoms with Gasteiger partial charge < -0.3 is 0 Å². The van der Waals surface area contributed by atoms with Crippen LogP contribution in [0.1, 0.15) is 56.8 Å². The van der Waals surface area contributed by atoms with E-state index in [-0.39, 0.29) is 0 Å². The Morgan fingerprint density at radius 3 is 2.67 bits per heavy atom. The molecule has 1 rings (SSSR count). The summed E-state index contributed by atoms with van der Waals surface area (Å²) in [7, 11) is 0. The minimum Gasteiger partial charge on any atom is -0.228 e. The molecule has 83 valence electrons. The summed E-state index contributed by atoms with van der Waals surface area (Å²) in [5.41, 5.74) is 2.27. The van der Waals surface area contributed by atoms with Crippen LogP contribution < -0.4 is 0 Å². The molecule has 0 amide bonds. The Morgan fingerprint density at radius 1 is 1.20 bits per heavy atom. The van der Waals surface area contributed by atoms with Crippen molar-refractivity contribution in [3.05, 3.63) is 35.4 Å². The van der Waals surface area contributed by atoms with Gasteiger partial charge in [0, 0.05) is 0 Å². The SMILES string of the molecule is CCCCc1cccc(C([O])CCC)c1. The molecule has 0 aliphatic rings. The Labute approximate surface area is 93.1 Å². The standard InChI is InChI=1S/C14H21O/c1-3-5-8-12-9-6-10-13(11-12)14(15)7-4-2/h6,9-11,14H,3-5,7-8H2,1-2H3. The molecule has 1 radical (unpaired) electrons. The van der Waals surface area contributed by atoms with Crippen LogP contribution in [0.25, 0.3) is 0 Å². The van der Waals surface area contributed by atoms with E-state index in [9.17, 15) is 5.11 Å². The van der Waals surface area contributed by atoms with Crippen molar-refractivity contribution in [2.24, 2.45) is 0 Å². The summed E-state index contributed by atoms with van der Waals surface area (Å²) in [6.45, 7) is 4.25. The monoisotopic (exact) mass is 205 g/mol. The predicted molar refractivity (Wildman–Crippen MR) is 63.4 cm³/mol. The average molecular weight is 205 g/mol. The number of hydrogen-bond acceptors (Lipinski definition) is 0. The number of aryl methyl sites for hydroxylation is 1. The van der Waals surface area contributed by atoms with E-state index in [0.29, 0.717) is 0 Å².